The predicted octanol–water partition coefficient (Wildman–Crippen LogP) is 4.31. The van der Waals surface area contributed by atoms with Crippen LogP contribution in [0.4, 0.5) is 13.2 Å². The number of thioether (sulfide) groups is 1. The molecule has 2 atom stereocenters. The van der Waals surface area contributed by atoms with Gasteiger partial charge in [0.25, 0.3) is 0 Å². The van der Waals surface area contributed by atoms with Crippen molar-refractivity contribution in [3.05, 3.63) is 47.8 Å². The van der Waals surface area contributed by atoms with Crippen molar-refractivity contribution in [2.75, 3.05) is 19.1 Å². The second-order valence-corrected chi connectivity index (χ2v) is 13.7. The highest BCUT2D eigenvalue weighted by Gasteiger charge is 2.39. The van der Waals surface area contributed by atoms with E-state index < -0.39 is 47.2 Å². The van der Waals surface area contributed by atoms with E-state index in [9.17, 15) is 30.0 Å². The highest BCUT2D eigenvalue weighted by molar-refractivity contribution is 8.00. The normalized spacial score (nSPS) is 22.6. The van der Waals surface area contributed by atoms with Crippen LogP contribution in [0.25, 0.3) is 0 Å². The molecule has 1 aliphatic heterocycles. The Labute approximate surface area is 189 Å². The summed E-state index contributed by atoms with van der Waals surface area (Å²) in [4.78, 5) is 4.22. The molecule has 0 amide bonds. The molecule has 1 aromatic carbocycles. The second kappa shape index (κ2) is 8.62. The van der Waals surface area contributed by atoms with Gasteiger partial charge >= 0.3 is 6.18 Å². The van der Waals surface area contributed by atoms with Crippen molar-refractivity contribution in [2.24, 2.45) is 0 Å². The maximum absolute atomic E-state index is 13.1. The molecular weight excluding hydrogens is 487 g/mol. The van der Waals surface area contributed by atoms with E-state index in [1.807, 2.05) is 6.92 Å². The van der Waals surface area contributed by atoms with E-state index in [1.54, 1.807) is 18.2 Å². The van der Waals surface area contributed by atoms with E-state index in [1.165, 1.54) is 17.8 Å². The number of hydrogen-bond acceptors (Lipinski definition) is 7. The van der Waals surface area contributed by atoms with Crippen molar-refractivity contribution >= 4 is 31.4 Å². The molecule has 1 aromatic heterocycles. The van der Waals surface area contributed by atoms with Crippen LogP contribution in [-0.4, -0.2) is 45.7 Å². The van der Waals surface area contributed by atoms with E-state index in [-0.39, 0.29) is 23.6 Å². The molecule has 2 heterocycles. The number of halogens is 3. The molecule has 1 saturated heterocycles. The lowest BCUT2D eigenvalue weighted by atomic mass is 9.94. The Bertz CT molecular complexity index is 1230. The summed E-state index contributed by atoms with van der Waals surface area (Å²) in [5.41, 5.74) is -1.20. The van der Waals surface area contributed by atoms with Gasteiger partial charge in [0.2, 0.25) is 0 Å². The molecule has 0 bridgehead atoms. The molecule has 176 valence electrons. The van der Waals surface area contributed by atoms with Gasteiger partial charge in [-0.1, -0.05) is 6.07 Å². The third kappa shape index (κ3) is 5.83. The number of aromatic nitrogens is 1. The van der Waals surface area contributed by atoms with Gasteiger partial charge < -0.3 is 4.74 Å². The van der Waals surface area contributed by atoms with E-state index in [0.29, 0.717) is 23.6 Å². The maximum Gasteiger partial charge on any atom is 0.417 e. The largest absolute Gasteiger partial charge is 0.417 e. The molecule has 12 heteroatoms. The van der Waals surface area contributed by atoms with E-state index in [0.717, 1.165) is 12.5 Å². The van der Waals surface area contributed by atoms with E-state index >= 15 is 0 Å². The van der Waals surface area contributed by atoms with Crippen molar-refractivity contribution in [2.45, 2.75) is 51.5 Å². The van der Waals surface area contributed by atoms with Crippen LogP contribution in [0.1, 0.15) is 37.1 Å². The molecule has 1 aliphatic rings. The van der Waals surface area contributed by atoms with Crippen LogP contribution < -0.4 is 0 Å². The van der Waals surface area contributed by atoms with Crippen LogP contribution in [0.3, 0.4) is 0 Å². The Morgan fingerprint density at radius 2 is 1.81 bits per heavy atom. The summed E-state index contributed by atoms with van der Waals surface area (Å²) in [6.07, 6.45) is -2.14. The first kappa shape index (κ1) is 25.0. The summed E-state index contributed by atoms with van der Waals surface area (Å²) in [5, 5.41) is 0. The number of nitrogens with zero attached hydrogens (tertiary/aromatic N) is 1. The summed E-state index contributed by atoms with van der Waals surface area (Å²) in [6, 6.07) is 7.06. The summed E-state index contributed by atoms with van der Waals surface area (Å²) >= 11 is 1.41. The highest BCUT2D eigenvalue weighted by atomic mass is 32.2. The summed E-state index contributed by atoms with van der Waals surface area (Å²) in [5.74, 6) is 0. The topological polar surface area (TPSA) is 90.4 Å². The smallest absolute Gasteiger partial charge is 0.372 e. The van der Waals surface area contributed by atoms with Gasteiger partial charge in [-0.3, -0.25) is 4.98 Å². The Morgan fingerprint density at radius 3 is 2.41 bits per heavy atom. The minimum absolute atomic E-state index is 0.0584. The number of benzene rings is 1. The van der Waals surface area contributed by atoms with Crippen LogP contribution in [0.15, 0.2) is 51.2 Å². The molecule has 0 aliphatic carbocycles. The molecule has 0 spiro atoms. The van der Waals surface area contributed by atoms with Crippen molar-refractivity contribution in [1.82, 2.24) is 4.98 Å². The van der Waals surface area contributed by atoms with Crippen LogP contribution in [0, 0.1) is 0 Å². The fourth-order valence-corrected chi connectivity index (χ4v) is 6.41. The van der Waals surface area contributed by atoms with Crippen molar-refractivity contribution in [3.63, 3.8) is 0 Å². The Balaban J connectivity index is 1.94. The Hall–Kier alpha value is -1.63. The molecule has 0 N–H and O–H groups in total. The van der Waals surface area contributed by atoms with Crippen LogP contribution in [-0.2, 0) is 30.6 Å². The Morgan fingerprint density at radius 1 is 1.12 bits per heavy atom. The molecule has 32 heavy (non-hydrogen) atoms. The zero-order chi connectivity index (χ0) is 23.9. The average Bonchev–Trinajstić information content (AvgIpc) is 2.65. The zero-order valence-corrected chi connectivity index (χ0v) is 20.0. The molecule has 1 fully saturated rings. The van der Waals surface area contributed by atoms with Crippen LogP contribution >= 0.6 is 11.8 Å². The first-order chi connectivity index (χ1) is 14.6. The fraction of sp³-hybridized carbons (Fsp3) is 0.450. The predicted molar refractivity (Wildman–Crippen MR) is 114 cm³/mol. The quantitative estimate of drug-likeness (QED) is 0.593. The number of alkyl halides is 3. The molecule has 3 rings (SSSR count). The van der Waals surface area contributed by atoms with Gasteiger partial charge in [0, 0.05) is 35.0 Å². The highest BCUT2D eigenvalue weighted by Crippen LogP contribution is 2.47. The van der Waals surface area contributed by atoms with E-state index in [4.69, 9.17) is 4.74 Å². The van der Waals surface area contributed by atoms with E-state index in [2.05, 4.69) is 4.98 Å². The standard InChI is InChI=1S/C20H22F3NO5S3/c1-19(30-14-5-4-6-15(10-14)31(2,25)26)7-8-29-16(11-19)18-17(32(3,27)28)9-13(12-24-18)20(21,22)23/h4-6,9-10,12,16H,7-8,11H2,1-3H3. The summed E-state index contributed by atoms with van der Waals surface area (Å²) < 4.78 is 92.7. The monoisotopic (exact) mass is 509 g/mol. The molecule has 0 radical (unpaired) electrons. The molecule has 2 unspecified atom stereocenters. The minimum Gasteiger partial charge on any atom is -0.372 e. The summed E-state index contributed by atoms with van der Waals surface area (Å²) in [6.45, 7) is 2.16. The minimum atomic E-state index is -4.73. The van der Waals surface area contributed by atoms with Crippen molar-refractivity contribution in [3.8, 4) is 0 Å². The van der Waals surface area contributed by atoms with Gasteiger partial charge in [0.15, 0.2) is 19.7 Å². The third-order valence-electron chi connectivity index (χ3n) is 5.08. The number of sulfone groups is 2. The van der Waals surface area contributed by atoms with Crippen molar-refractivity contribution < 1.29 is 34.7 Å². The fourth-order valence-electron chi connectivity index (χ4n) is 3.44. The van der Waals surface area contributed by atoms with Gasteiger partial charge in [-0.25, -0.2) is 16.8 Å². The van der Waals surface area contributed by atoms with Gasteiger partial charge in [-0.2, -0.15) is 13.2 Å². The molecule has 2 aromatic rings. The maximum atomic E-state index is 13.1. The second-order valence-electron chi connectivity index (χ2n) is 7.99. The van der Waals surface area contributed by atoms with Crippen molar-refractivity contribution in [1.29, 1.82) is 0 Å². The number of rotatable bonds is 5. The first-order valence-electron chi connectivity index (χ1n) is 9.46. The lowest BCUT2D eigenvalue weighted by Gasteiger charge is -2.38. The number of pyridine rings is 1. The zero-order valence-electron chi connectivity index (χ0n) is 17.5. The SMILES string of the molecule is CC1(Sc2cccc(S(C)(=O)=O)c2)CCOC(c2ncc(C(F)(F)F)cc2S(C)(=O)=O)C1. The van der Waals surface area contributed by atoms with Gasteiger partial charge in [0.05, 0.1) is 21.0 Å². The third-order valence-corrected chi connectivity index (χ3v) is 8.67. The summed E-state index contributed by atoms with van der Waals surface area (Å²) in [7, 11) is -7.38. The number of ether oxygens (including phenoxy) is 1. The molecular formula is C20H22F3NO5S3. The molecule has 6 nitrogen and oxygen atoms in total. The average molecular weight is 510 g/mol. The lowest BCUT2D eigenvalue weighted by molar-refractivity contribution is -0.138. The first-order valence-corrected chi connectivity index (χ1v) is 14.1. The molecule has 0 saturated carbocycles. The Kier molecular flexibility index (Phi) is 6.73. The van der Waals surface area contributed by atoms with Gasteiger partial charge in [-0.05, 0) is 44.0 Å². The van der Waals surface area contributed by atoms with Gasteiger partial charge in [0.1, 0.15) is 6.10 Å². The van der Waals surface area contributed by atoms with Crippen LogP contribution in [0.5, 0.6) is 0 Å². The van der Waals surface area contributed by atoms with Crippen LogP contribution in [0.2, 0.25) is 0 Å². The lowest BCUT2D eigenvalue weighted by Crippen LogP contribution is -2.33. The van der Waals surface area contributed by atoms with Gasteiger partial charge in [-0.15, -0.1) is 11.8 Å². The number of hydrogen-bond donors (Lipinski definition) is 0.